The molecule has 0 amide bonds. The standard InChI is InChI=1S/C11H18N2OS/c1-2-8-4-3-5-9(6-8)14-11-13-7-10(12)15-11/h7-9H,2-6,12H2,1H3. The fraction of sp³-hybridized carbons (Fsp3) is 0.727. The number of nitrogens with zero attached hydrogens (tertiary/aromatic N) is 1. The van der Waals surface area contributed by atoms with E-state index in [2.05, 4.69) is 11.9 Å². The minimum atomic E-state index is 0.356. The molecule has 0 bridgehead atoms. The lowest BCUT2D eigenvalue weighted by atomic mass is 9.86. The Morgan fingerprint density at radius 3 is 3.13 bits per heavy atom. The molecule has 0 radical (unpaired) electrons. The van der Waals surface area contributed by atoms with Gasteiger partial charge in [0.2, 0.25) is 0 Å². The Balaban J connectivity index is 1.88. The second kappa shape index (κ2) is 4.84. The molecule has 84 valence electrons. The summed E-state index contributed by atoms with van der Waals surface area (Å²) in [5, 5.41) is 1.46. The van der Waals surface area contributed by atoms with E-state index in [1.807, 2.05) is 0 Å². The lowest BCUT2D eigenvalue weighted by Crippen LogP contribution is -2.25. The summed E-state index contributed by atoms with van der Waals surface area (Å²) < 4.78 is 5.84. The molecule has 2 N–H and O–H groups in total. The second-order valence-electron chi connectivity index (χ2n) is 4.21. The molecular weight excluding hydrogens is 208 g/mol. The van der Waals surface area contributed by atoms with Crippen molar-refractivity contribution in [3.63, 3.8) is 0 Å². The van der Waals surface area contributed by atoms with Crippen LogP contribution < -0.4 is 10.5 Å². The van der Waals surface area contributed by atoms with E-state index in [1.54, 1.807) is 6.20 Å². The molecule has 1 aliphatic rings. The summed E-state index contributed by atoms with van der Waals surface area (Å²) in [5.41, 5.74) is 5.61. The maximum absolute atomic E-state index is 5.84. The molecule has 2 unspecified atom stereocenters. The highest BCUT2D eigenvalue weighted by Gasteiger charge is 2.22. The van der Waals surface area contributed by atoms with Gasteiger partial charge in [-0.05, 0) is 25.2 Å². The first-order chi connectivity index (χ1) is 7.28. The highest BCUT2D eigenvalue weighted by molar-refractivity contribution is 7.17. The van der Waals surface area contributed by atoms with Gasteiger partial charge in [0.05, 0.1) is 6.20 Å². The predicted octanol–water partition coefficient (Wildman–Crippen LogP) is 3.07. The first kappa shape index (κ1) is 10.7. The van der Waals surface area contributed by atoms with Gasteiger partial charge < -0.3 is 10.5 Å². The van der Waals surface area contributed by atoms with E-state index >= 15 is 0 Å². The van der Waals surface area contributed by atoms with E-state index in [0.717, 1.165) is 22.5 Å². The minimum Gasteiger partial charge on any atom is -0.467 e. The molecule has 1 saturated carbocycles. The Labute approximate surface area is 94.7 Å². The van der Waals surface area contributed by atoms with E-state index < -0.39 is 0 Å². The summed E-state index contributed by atoms with van der Waals surface area (Å²) in [4.78, 5) is 4.13. The minimum absolute atomic E-state index is 0.356. The molecule has 1 fully saturated rings. The Hall–Kier alpha value is -0.770. The summed E-state index contributed by atoms with van der Waals surface area (Å²) in [5.74, 6) is 0.834. The van der Waals surface area contributed by atoms with Crippen LogP contribution in [0.4, 0.5) is 5.00 Å². The predicted molar refractivity (Wildman–Crippen MR) is 63.2 cm³/mol. The quantitative estimate of drug-likeness (QED) is 0.861. The summed E-state index contributed by atoms with van der Waals surface area (Å²) in [6.07, 6.45) is 8.26. The van der Waals surface area contributed by atoms with Crippen molar-refractivity contribution >= 4 is 16.3 Å². The number of aromatic nitrogens is 1. The van der Waals surface area contributed by atoms with Gasteiger partial charge in [0, 0.05) is 0 Å². The summed E-state index contributed by atoms with van der Waals surface area (Å²) in [6, 6.07) is 0. The summed E-state index contributed by atoms with van der Waals surface area (Å²) in [7, 11) is 0. The van der Waals surface area contributed by atoms with Crippen LogP contribution in [0.25, 0.3) is 0 Å². The van der Waals surface area contributed by atoms with Crippen molar-refractivity contribution in [2.24, 2.45) is 5.92 Å². The van der Waals surface area contributed by atoms with Crippen molar-refractivity contribution in [2.45, 2.75) is 45.1 Å². The molecule has 2 atom stereocenters. The number of hydrogen-bond donors (Lipinski definition) is 1. The average molecular weight is 226 g/mol. The monoisotopic (exact) mass is 226 g/mol. The van der Waals surface area contributed by atoms with Crippen LogP contribution in [0.5, 0.6) is 5.19 Å². The Morgan fingerprint density at radius 2 is 2.47 bits per heavy atom. The van der Waals surface area contributed by atoms with Gasteiger partial charge in [0.25, 0.3) is 5.19 Å². The molecule has 1 aromatic rings. The third-order valence-corrected chi connectivity index (χ3v) is 3.80. The van der Waals surface area contributed by atoms with Crippen LogP contribution in [0.1, 0.15) is 39.0 Å². The number of nitrogen functional groups attached to an aromatic ring is 1. The molecule has 15 heavy (non-hydrogen) atoms. The van der Waals surface area contributed by atoms with Gasteiger partial charge in [-0.3, -0.25) is 0 Å². The lowest BCUT2D eigenvalue weighted by Gasteiger charge is -2.27. The smallest absolute Gasteiger partial charge is 0.275 e. The molecule has 0 aliphatic heterocycles. The molecule has 1 heterocycles. The van der Waals surface area contributed by atoms with Crippen LogP contribution in [0.2, 0.25) is 0 Å². The number of nitrogens with two attached hydrogens (primary N) is 1. The number of rotatable bonds is 3. The van der Waals surface area contributed by atoms with Crippen molar-refractivity contribution in [3.05, 3.63) is 6.20 Å². The maximum Gasteiger partial charge on any atom is 0.275 e. The van der Waals surface area contributed by atoms with Crippen LogP contribution in [0.15, 0.2) is 6.20 Å². The number of ether oxygens (including phenoxy) is 1. The molecule has 0 saturated heterocycles. The molecule has 0 spiro atoms. The fourth-order valence-corrected chi connectivity index (χ4v) is 2.78. The molecule has 0 aromatic carbocycles. The topological polar surface area (TPSA) is 48.1 Å². The first-order valence-corrected chi connectivity index (χ1v) is 6.47. The van der Waals surface area contributed by atoms with Gasteiger partial charge in [0.15, 0.2) is 0 Å². The van der Waals surface area contributed by atoms with Gasteiger partial charge >= 0.3 is 0 Å². The number of anilines is 1. The van der Waals surface area contributed by atoms with Gasteiger partial charge in [-0.2, -0.15) is 0 Å². The average Bonchev–Trinajstić information content (AvgIpc) is 2.64. The van der Waals surface area contributed by atoms with Crippen molar-refractivity contribution in [1.29, 1.82) is 0 Å². The van der Waals surface area contributed by atoms with Gasteiger partial charge in [-0.1, -0.05) is 31.1 Å². The SMILES string of the molecule is CCC1CCCC(Oc2ncc(N)s2)C1. The van der Waals surface area contributed by atoms with E-state index in [0.29, 0.717) is 6.10 Å². The second-order valence-corrected chi connectivity index (χ2v) is 5.23. The van der Waals surface area contributed by atoms with Gasteiger partial charge in [-0.25, -0.2) is 4.98 Å². The molecule has 3 nitrogen and oxygen atoms in total. The van der Waals surface area contributed by atoms with Crippen LogP contribution >= 0.6 is 11.3 Å². The van der Waals surface area contributed by atoms with Crippen molar-refractivity contribution in [1.82, 2.24) is 4.98 Å². The van der Waals surface area contributed by atoms with Crippen LogP contribution in [-0.4, -0.2) is 11.1 Å². The largest absolute Gasteiger partial charge is 0.467 e. The van der Waals surface area contributed by atoms with Crippen molar-refractivity contribution in [3.8, 4) is 5.19 Å². The lowest BCUT2D eigenvalue weighted by molar-refractivity contribution is 0.121. The molecular formula is C11H18N2OS. The third-order valence-electron chi connectivity index (χ3n) is 3.08. The van der Waals surface area contributed by atoms with E-state index in [-0.39, 0.29) is 0 Å². The zero-order valence-electron chi connectivity index (χ0n) is 9.11. The van der Waals surface area contributed by atoms with Crippen LogP contribution in [0.3, 0.4) is 0 Å². The fourth-order valence-electron chi connectivity index (χ4n) is 2.19. The van der Waals surface area contributed by atoms with Crippen LogP contribution in [-0.2, 0) is 0 Å². The van der Waals surface area contributed by atoms with Crippen molar-refractivity contribution in [2.75, 3.05) is 5.73 Å². The zero-order valence-corrected chi connectivity index (χ0v) is 9.93. The highest BCUT2D eigenvalue weighted by Crippen LogP contribution is 2.31. The van der Waals surface area contributed by atoms with Crippen molar-refractivity contribution < 1.29 is 4.74 Å². The zero-order chi connectivity index (χ0) is 10.7. The Bertz CT molecular complexity index is 313. The number of thiazole rings is 1. The Morgan fingerprint density at radius 1 is 1.60 bits per heavy atom. The van der Waals surface area contributed by atoms with E-state index in [4.69, 9.17) is 10.5 Å². The van der Waals surface area contributed by atoms with Gasteiger partial charge in [-0.15, -0.1) is 0 Å². The third kappa shape index (κ3) is 2.84. The van der Waals surface area contributed by atoms with E-state index in [1.165, 1.54) is 37.0 Å². The molecule has 1 aromatic heterocycles. The Kier molecular flexibility index (Phi) is 3.46. The van der Waals surface area contributed by atoms with E-state index in [9.17, 15) is 0 Å². The first-order valence-electron chi connectivity index (χ1n) is 5.66. The van der Waals surface area contributed by atoms with Gasteiger partial charge in [0.1, 0.15) is 11.1 Å². The molecule has 2 rings (SSSR count). The molecule has 1 aliphatic carbocycles. The normalized spacial score (nSPS) is 26.5. The molecule has 4 heteroatoms. The number of hydrogen-bond acceptors (Lipinski definition) is 4. The summed E-state index contributed by atoms with van der Waals surface area (Å²) >= 11 is 1.43. The van der Waals surface area contributed by atoms with Crippen LogP contribution in [0, 0.1) is 5.92 Å². The highest BCUT2D eigenvalue weighted by atomic mass is 32.1. The maximum atomic E-state index is 5.84. The summed E-state index contributed by atoms with van der Waals surface area (Å²) in [6.45, 7) is 2.26.